The third-order valence-electron chi connectivity index (χ3n) is 2.48. The number of primary amides is 1. The quantitative estimate of drug-likeness (QED) is 0.757. The molecule has 0 bridgehead atoms. The van der Waals surface area contributed by atoms with E-state index in [0.29, 0.717) is 18.2 Å². The van der Waals surface area contributed by atoms with Crippen molar-refractivity contribution < 1.29 is 9.53 Å². The fourth-order valence-electron chi connectivity index (χ4n) is 1.63. The van der Waals surface area contributed by atoms with Crippen LogP contribution in [0, 0.1) is 6.92 Å². The second kappa shape index (κ2) is 6.59. The van der Waals surface area contributed by atoms with Gasteiger partial charge < -0.3 is 10.5 Å². The zero-order valence-electron chi connectivity index (χ0n) is 10.00. The molecule has 0 radical (unpaired) electrons. The van der Waals surface area contributed by atoms with Crippen LogP contribution in [-0.4, -0.2) is 26.2 Å². The van der Waals surface area contributed by atoms with Crippen molar-refractivity contribution in [3.8, 4) is 0 Å². The van der Waals surface area contributed by atoms with Gasteiger partial charge in [0, 0.05) is 18.7 Å². The fraction of sp³-hybridized carbons (Fsp3) is 0.417. The number of ether oxygens (including phenoxy) is 1. The molecule has 1 amide bonds. The Bertz CT molecular complexity index is 396. The molecule has 4 nitrogen and oxygen atoms in total. The van der Waals surface area contributed by atoms with Gasteiger partial charge in [0.15, 0.2) is 0 Å². The molecule has 0 spiro atoms. The van der Waals surface area contributed by atoms with Gasteiger partial charge in [-0.1, -0.05) is 17.7 Å². The number of carbonyl (C=O) groups excluding carboxylic acids is 1. The van der Waals surface area contributed by atoms with E-state index in [9.17, 15) is 4.79 Å². The topological polar surface area (TPSA) is 64.3 Å². The Morgan fingerprint density at radius 2 is 2.29 bits per heavy atom. The summed E-state index contributed by atoms with van der Waals surface area (Å²) in [7, 11) is 1.61. The molecule has 94 valence electrons. The molecule has 1 aromatic carbocycles. The van der Waals surface area contributed by atoms with E-state index in [1.807, 2.05) is 19.1 Å². The van der Waals surface area contributed by atoms with Crippen LogP contribution in [0.5, 0.6) is 0 Å². The van der Waals surface area contributed by atoms with Crippen LogP contribution in [0.1, 0.15) is 17.2 Å². The number of methoxy groups -OCH3 is 1. The number of halogens is 1. The monoisotopic (exact) mass is 256 g/mol. The molecular weight excluding hydrogens is 240 g/mol. The van der Waals surface area contributed by atoms with Crippen molar-refractivity contribution in [3.05, 3.63) is 34.3 Å². The van der Waals surface area contributed by atoms with E-state index in [-0.39, 0.29) is 0 Å². The van der Waals surface area contributed by atoms with Gasteiger partial charge >= 0.3 is 0 Å². The Hall–Kier alpha value is -1.10. The number of aryl methyl sites for hydroxylation is 1. The fourth-order valence-corrected chi connectivity index (χ4v) is 1.86. The van der Waals surface area contributed by atoms with E-state index in [4.69, 9.17) is 22.1 Å². The molecule has 1 atom stereocenters. The molecule has 17 heavy (non-hydrogen) atoms. The maximum absolute atomic E-state index is 11.4. The summed E-state index contributed by atoms with van der Waals surface area (Å²) in [5, 5.41) is 3.70. The summed E-state index contributed by atoms with van der Waals surface area (Å²) in [4.78, 5) is 11.4. The third kappa shape index (κ3) is 4.00. The number of rotatable bonds is 6. The number of benzene rings is 1. The van der Waals surface area contributed by atoms with E-state index < -0.39 is 11.9 Å². The molecule has 0 aliphatic carbocycles. The Kier molecular flexibility index (Phi) is 5.41. The third-order valence-corrected chi connectivity index (χ3v) is 2.72. The standard InChI is InChI=1S/C12H17ClN2O2/c1-8-7-9(13)3-4-10(8)11(12(14)16)15-5-6-17-2/h3-4,7,11,15H,5-6H2,1-2H3,(H2,14,16). The highest BCUT2D eigenvalue weighted by atomic mass is 35.5. The first-order valence-corrected chi connectivity index (χ1v) is 5.71. The Morgan fingerprint density at radius 3 is 2.82 bits per heavy atom. The van der Waals surface area contributed by atoms with Crippen molar-refractivity contribution in [3.63, 3.8) is 0 Å². The van der Waals surface area contributed by atoms with Crippen molar-refractivity contribution in [2.24, 2.45) is 5.73 Å². The van der Waals surface area contributed by atoms with Crippen LogP contribution in [0.15, 0.2) is 18.2 Å². The molecule has 0 heterocycles. The molecule has 0 fully saturated rings. The lowest BCUT2D eigenvalue weighted by Crippen LogP contribution is -2.35. The van der Waals surface area contributed by atoms with Crippen LogP contribution in [0.25, 0.3) is 0 Å². The van der Waals surface area contributed by atoms with Gasteiger partial charge in [-0.15, -0.1) is 0 Å². The zero-order chi connectivity index (χ0) is 12.8. The summed E-state index contributed by atoms with van der Waals surface area (Å²) in [6, 6.07) is 4.86. The molecular formula is C12H17ClN2O2. The molecule has 3 N–H and O–H groups in total. The van der Waals surface area contributed by atoms with Gasteiger partial charge in [-0.2, -0.15) is 0 Å². The maximum atomic E-state index is 11.4. The summed E-state index contributed by atoms with van der Waals surface area (Å²) < 4.78 is 4.92. The van der Waals surface area contributed by atoms with Crippen molar-refractivity contribution in [2.75, 3.05) is 20.3 Å². The van der Waals surface area contributed by atoms with Gasteiger partial charge in [-0.25, -0.2) is 0 Å². The lowest BCUT2D eigenvalue weighted by Gasteiger charge is -2.17. The Balaban J connectivity index is 2.86. The predicted octanol–water partition coefficient (Wildman–Crippen LogP) is 1.41. The molecule has 1 aromatic rings. The minimum absolute atomic E-state index is 0.411. The first-order chi connectivity index (χ1) is 8.06. The molecule has 0 aliphatic rings. The normalized spacial score (nSPS) is 12.4. The molecule has 5 heteroatoms. The lowest BCUT2D eigenvalue weighted by atomic mass is 10.0. The van der Waals surface area contributed by atoms with Gasteiger partial charge in [-0.05, 0) is 30.2 Å². The highest BCUT2D eigenvalue weighted by molar-refractivity contribution is 6.30. The van der Waals surface area contributed by atoms with Crippen LogP contribution in [0.3, 0.4) is 0 Å². The molecule has 0 saturated heterocycles. The highest BCUT2D eigenvalue weighted by Crippen LogP contribution is 2.21. The molecule has 1 unspecified atom stereocenters. The molecule has 0 saturated carbocycles. The highest BCUT2D eigenvalue weighted by Gasteiger charge is 2.18. The van der Waals surface area contributed by atoms with Gasteiger partial charge in [0.05, 0.1) is 6.61 Å². The first kappa shape index (κ1) is 14.0. The SMILES string of the molecule is COCCNC(C(N)=O)c1ccc(Cl)cc1C. The molecule has 0 aliphatic heterocycles. The van der Waals surface area contributed by atoms with E-state index in [1.165, 1.54) is 0 Å². The van der Waals surface area contributed by atoms with Crippen LogP contribution in [0.4, 0.5) is 0 Å². The second-order valence-corrected chi connectivity index (χ2v) is 4.22. The van der Waals surface area contributed by atoms with Gasteiger partial charge in [0.2, 0.25) is 5.91 Å². The number of hydrogen-bond acceptors (Lipinski definition) is 3. The van der Waals surface area contributed by atoms with Crippen LogP contribution < -0.4 is 11.1 Å². The molecule has 0 aromatic heterocycles. The molecule has 1 rings (SSSR count). The van der Waals surface area contributed by atoms with E-state index >= 15 is 0 Å². The van der Waals surface area contributed by atoms with Crippen molar-refractivity contribution in [1.29, 1.82) is 0 Å². The maximum Gasteiger partial charge on any atom is 0.239 e. The zero-order valence-corrected chi connectivity index (χ0v) is 10.8. The predicted molar refractivity (Wildman–Crippen MR) is 68.0 cm³/mol. The number of carbonyl (C=O) groups is 1. The summed E-state index contributed by atoms with van der Waals surface area (Å²) in [6.45, 7) is 2.98. The minimum Gasteiger partial charge on any atom is -0.383 e. The smallest absolute Gasteiger partial charge is 0.239 e. The summed E-state index contributed by atoms with van der Waals surface area (Å²) >= 11 is 5.87. The van der Waals surface area contributed by atoms with Gasteiger partial charge in [0.25, 0.3) is 0 Å². The Labute approximate surface area is 106 Å². The van der Waals surface area contributed by atoms with Crippen LogP contribution in [-0.2, 0) is 9.53 Å². The average Bonchev–Trinajstić information content (AvgIpc) is 2.25. The van der Waals surface area contributed by atoms with Crippen molar-refractivity contribution in [2.45, 2.75) is 13.0 Å². The van der Waals surface area contributed by atoms with E-state index in [1.54, 1.807) is 13.2 Å². The Morgan fingerprint density at radius 1 is 1.59 bits per heavy atom. The van der Waals surface area contributed by atoms with E-state index in [0.717, 1.165) is 11.1 Å². The number of amides is 1. The van der Waals surface area contributed by atoms with Crippen molar-refractivity contribution in [1.82, 2.24) is 5.32 Å². The van der Waals surface area contributed by atoms with Crippen LogP contribution >= 0.6 is 11.6 Å². The van der Waals surface area contributed by atoms with Crippen LogP contribution in [0.2, 0.25) is 5.02 Å². The summed E-state index contributed by atoms with van der Waals surface area (Å²) in [5.74, 6) is -0.411. The van der Waals surface area contributed by atoms with Gasteiger partial charge in [-0.3, -0.25) is 10.1 Å². The summed E-state index contributed by atoms with van der Waals surface area (Å²) in [5.41, 5.74) is 7.16. The first-order valence-electron chi connectivity index (χ1n) is 5.34. The average molecular weight is 257 g/mol. The van der Waals surface area contributed by atoms with E-state index in [2.05, 4.69) is 5.32 Å². The second-order valence-electron chi connectivity index (χ2n) is 3.78. The number of hydrogen-bond donors (Lipinski definition) is 2. The number of nitrogens with one attached hydrogen (secondary N) is 1. The summed E-state index contributed by atoms with van der Waals surface area (Å²) in [6.07, 6.45) is 0. The largest absolute Gasteiger partial charge is 0.383 e. The minimum atomic E-state index is -0.512. The van der Waals surface area contributed by atoms with Crippen molar-refractivity contribution >= 4 is 17.5 Å². The van der Waals surface area contributed by atoms with Gasteiger partial charge in [0.1, 0.15) is 6.04 Å². The lowest BCUT2D eigenvalue weighted by molar-refractivity contribution is -0.120. The number of nitrogens with two attached hydrogens (primary N) is 1.